The van der Waals surface area contributed by atoms with E-state index >= 15 is 0 Å². The molecule has 0 bridgehead atoms. The van der Waals surface area contributed by atoms with Crippen LogP contribution in [-0.2, 0) is 4.79 Å². The quantitative estimate of drug-likeness (QED) is 0.797. The number of H-pyrrole nitrogens is 1. The summed E-state index contributed by atoms with van der Waals surface area (Å²) in [6, 6.07) is 1.62. The molecule has 1 aliphatic carbocycles. The smallest absolute Gasteiger partial charge is 0.329 e. The minimum Gasteiger partial charge on any atom is -0.480 e. The van der Waals surface area contributed by atoms with E-state index in [1.165, 1.54) is 0 Å². The lowest BCUT2D eigenvalue weighted by Gasteiger charge is -2.24. The molecule has 1 aromatic rings. The van der Waals surface area contributed by atoms with Crippen LogP contribution in [0.3, 0.4) is 0 Å². The van der Waals surface area contributed by atoms with E-state index in [0.717, 1.165) is 17.3 Å². The number of aliphatic carboxylic acids is 1. The second kappa shape index (κ2) is 4.52. The van der Waals surface area contributed by atoms with E-state index in [1.807, 2.05) is 0 Å². The van der Waals surface area contributed by atoms with E-state index in [0.29, 0.717) is 18.5 Å². The normalized spacial score (nSPS) is 17.9. The third kappa shape index (κ3) is 2.36. The Balaban J connectivity index is 2.14. The van der Waals surface area contributed by atoms with Gasteiger partial charge in [0.25, 0.3) is 5.91 Å². The third-order valence-corrected chi connectivity index (χ3v) is 3.57. The van der Waals surface area contributed by atoms with Crippen molar-refractivity contribution >= 4 is 27.8 Å². The van der Waals surface area contributed by atoms with Gasteiger partial charge in [-0.1, -0.05) is 12.8 Å². The highest BCUT2D eigenvalue weighted by Gasteiger charge is 2.42. The molecule has 17 heavy (non-hydrogen) atoms. The molecule has 1 aromatic heterocycles. The minimum absolute atomic E-state index is 0.365. The van der Waals surface area contributed by atoms with Crippen molar-refractivity contribution in [3.8, 4) is 0 Å². The van der Waals surface area contributed by atoms with E-state index in [1.54, 1.807) is 12.3 Å². The molecule has 0 saturated heterocycles. The van der Waals surface area contributed by atoms with E-state index in [9.17, 15) is 14.7 Å². The fourth-order valence-corrected chi connectivity index (χ4v) is 2.50. The molecule has 1 amide bonds. The molecule has 6 heteroatoms. The van der Waals surface area contributed by atoms with Crippen LogP contribution in [0.2, 0.25) is 0 Å². The number of carbonyl (C=O) groups is 2. The Morgan fingerprint density at radius 2 is 2.06 bits per heavy atom. The van der Waals surface area contributed by atoms with Crippen LogP contribution >= 0.6 is 15.9 Å². The molecule has 5 nitrogen and oxygen atoms in total. The summed E-state index contributed by atoms with van der Waals surface area (Å²) in [6.07, 6.45) is 4.30. The average Bonchev–Trinajstić information content (AvgIpc) is 2.87. The molecule has 0 aromatic carbocycles. The second-order valence-corrected chi connectivity index (χ2v) is 5.20. The second-order valence-electron chi connectivity index (χ2n) is 4.28. The molecule has 3 N–H and O–H groups in total. The van der Waals surface area contributed by atoms with E-state index in [2.05, 4.69) is 26.2 Å². The summed E-state index contributed by atoms with van der Waals surface area (Å²) in [7, 11) is 0. The number of halogens is 1. The molecule has 92 valence electrons. The fourth-order valence-electron chi connectivity index (χ4n) is 2.15. The maximum Gasteiger partial charge on any atom is 0.329 e. The number of aromatic nitrogens is 1. The van der Waals surface area contributed by atoms with Gasteiger partial charge in [0.2, 0.25) is 0 Å². The number of rotatable bonds is 3. The first kappa shape index (κ1) is 12.2. The van der Waals surface area contributed by atoms with Gasteiger partial charge in [-0.2, -0.15) is 0 Å². The molecule has 0 spiro atoms. The van der Waals surface area contributed by atoms with Gasteiger partial charge in [0.05, 0.1) is 0 Å². The number of hydrogen-bond donors (Lipinski definition) is 3. The molecule has 0 radical (unpaired) electrons. The summed E-state index contributed by atoms with van der Waals surface area (Å²) < 4.78 is 0.762. The number of carboxylic acids is 1. The van der Waals surface area contributed by atoms with Gasteiger partial charge in [0.15, 0.2) is 0 Å². The summed E-state index contributed by atoms with van der Waals surface area (Å²) in [5.41, 5.74) is -0.723. The highest BCUT2D eigenvalue weighted by molar-refractivity contribution is 9.10. The maximum absolute atomic E-state index is 11.9. The largest absolute Gasteiger partial charge is 0.480 e. The van der Waals surface area contributed by atoms with Crippen molar-refractivity contribution in [2.45, 2.75) is 31.2 Å². The summed E-state index contributed by atoms with van der Waals surface area (Å²) in [4.78, 5) is 25.9. The Bertz CT molecular complexity index is 449. The van der Waals surface area contributed by atoms with Crippen molar-refractivity contribution in [1.82, 2.24) is 10.3 Å². The molecule has 0 aliphatic heterocycles. The van der Waals surface area contributed by atoms with Gasteiger partial charge in [-0.3, -0.25) is 4.79 Å². The Morgan fingerprint density at radius 1 is 1.41 bits per heavy atom. The SMILES string of the molecule is O=C(NC1(C(=O)O)CCCC1)c1cc(Br)c[nH]1. The Kier molecular flexibility index (Phi) is 3.24. The summed E-state index contributed by atoms with van der Waals surface area (Å²) in [5, 5.41) is 11.9. The molecule has 0 unspecified atom stereocenters. The molecule has 1 saturated carbocycles. The molecular formula is C11H13BrN2O3. The standard InChI is InChI=1S/C11H13BrN2O3/c12-7-5-8(13-6-7)9(15)14-11(10(16)17)3-1-2-4-11/h5-6,13H,1-4H2,(H,14,15)(H,16,17). The van der Waals surface area contributed by atoms with Crippen molar-refractivity contribution in [2.24, 2.45) is 0 Å². The Labute approximate surface area is 107 Å². The van der Waals surface area contributed by atoms with Crippen LogP contribution in [-0.4, -0.2) is 27.5 Å². The first-order chi connectivity index (χ1) is 8.03. The minimum atomic E-state index is -1.09. The lowest BCUT2D eigenvalue weighted by Crippen LogP contribution is -2.52. The number of carboxylic acid groups (broad SMARTS) is 1. The maximum atomic E-state index is 11.9. The zero-order valence-electron chi connectivity index (χ0n) is 9.12. The Morgan fingerprint density at radius 3 is 2.53 bits per heavy atom. The highest BCUT2D eigenvalue weighted by Crippen LogP contribution is 2.30. The van der Waals surface area contributed by atoms with Crippen molar-refractivity contribution in [2.75, 3.05) is 0 Å². The first-order valence-corrected chi connectivity index (χ1v) is 6.23. The van der Waals surface area contributed by atoms with Crippen LogP contribution < -0.4 is 5.32 Å². The highest BCUT2D eigenvalue weighted by atomic mass is 79.9. The molecule has 1 fully saturated rings. The van der Waals surface area contributed by atoms with Crippen molar-refractivity contribution in [3.05, 3.63) is 22.4 Å². The number of amides is 1. The van der Waals surface area contributed by atoms with Gasteiger partial charge >= 0.3 is 5.97 Å². The number of hydrogen-bond acceptors (Lipinski definition) is 2. The lowest BCUT2D eigenvalue weighted by atomic mass is 9.97. The number of aromatic amines is 1. The van der Waals surface area contributed by atoms with Crippen molar-refractivity contribution in [1.29, 1.82) is 0 Å². The lowest BCUT2D eigenvalue weighted by molar-refractivity contribution is -0.144. The molecule has 2 rings (SSSR count). The van der Waals surface area contributed by atoms with E-state index in [-0.39, 0.29) is 5.91 Å². The van der Waals surface area contributed by atoms with Crippen LogP contribution in [0.4, 0.5) is 0 Å². The van der Waals surface area contributed by atoms with Gasteiger partial charge in [0.1, 0.15) is 11.2 Å². The topological polar surface area (TPSA) is 82.2 Å². The predicted molar refractivity (Wildman–Crippen MR) is 64.8 cm³/mol. The van der Waals surface area contributed by atoms with Crippen molar-refractivity contribution in [3.63, 3.8) is 0 Å². The monoisotopic (exact) mass is 300 g/mol. The fraction of sp³-hybridized carbons (Fsp3) is 0.455. The average molecular weight is 301 g/mol. The van der Waals surface area contributed by atoms with Crippen LogP contribution in [0.15, 0.2) is 16.7 Å². The van der Waals surface area contributed by atoms with Crippen LogP contribution in [0.25, 0.3) is 0 Å². The number of nitrogens with one attached hydrogen (secondary N) is 2. The van der Waals surface area contributed by atoms with Gasteiger partial charge < -0.3 is 15.4 Å². The van der Waals surface area contributed by atoms with Crippen LogP contribution in [0.5, 0.6) is 0 Å². The first-order valence-electron chi connectivity index (χ1n) is 5.43. The zero-order chi connectivity index (χ0) is 12.5. The zero-order valence-corrected chi connectivity index (χ0v) is 10.7. The predicted octanol–water partition coefficient (Wildman–Crippen LogP) is 1.90. The van der Waals surface area contributed by atoms with Gasteiger partial charge in [-0.15, -0.1) is 0 Å². The summed E-state index contributed by atoms with van der Waals surface area (Å²) in [5.74, 6) is -1.33. The summed E-state index contributed by atoms with van der Waals surface area (Å²) >= 11 is 3.23. The van der Waals surface area contributed by atoms with Gasteiger partial charge in [-0.05, 0) is 34.8 Å². The van der Waals surface area contributed by atoms with Crippen LogP contribution in [0, 0.1) is 0 Å². The van der Waals surface area contributed by atoms with Crippen LogP contribution in [0.1, 0.15) is 36.2 Å². The third-order valence-electron chi connectivity index (χ3n) is 3.11. The van der Waals surface area contributed by atoms with E-state index in [4.69, 9.17) is 0 Å². The molecule has 0 atom stereocenters. The van der Waals surface area contributed by atoms with Gasteiger partial charge in [0, 0.05) is 10.7 Å². The molecule has 1 aliphatic rings. The van der Waals surface area contributed by atoms with E-state index < -0.39 is 11.5 Å². The molecule has 1 heterocycles. The molecular weight excluding hydrogens is 288 g/mol. The van der Waals surface area contributed by atoms with Gasteiger partial charge in [-0.25, -0.2) is 4.79 Å². The number of carbonyl (C=O) groups excluding carboxylic acids is 1. The Hall–Kier alpha value is -1.30. The summed E-state index contributed by atoms with van der Waals surface area (Å²) in [6.45, 7) is 0. The van der Waals surface area contributed by atoms with Crippen molar-refractivity contribution < 1.29 is 14.7 Å².